The van der Waals surface area contributed by atoms with Crippen LogP contribution in [0.15, 0.2) is 60.2 Å². The van der Waals surface area contributed by atoms with Crippen LogP contribution in [0.25, 0.3) is 43.4 Å². The Balaban J connectivity index is 0.612. The third-order valence-corrected chi connectivity index (χ3v) is 18.5. The molecule has 0 saturated carbocycles. The van der Waals surface area contributed by atoms with Crippen molar-refractivity contribution >= 4 is 56.6 Å². The number of rotatable bonds is 24. The lowest BCUT2D eigenvalue weighted by atomic mass is 9.85. The van der Waals surface area contributed by atoms with E-state index in [-0.39, 0.29) is 82.8 Å². The molecule has 5 atom stereocenters. The number of phenolic OH excluding ortho intramolecular Hbond substituents is 1. The van der Waals surface area contributed by atoms with Gasteiger partial charge in [0, 0.05) is 81.3 Å². The number of nitrogens with one attached hydrogen (secondary N) is 3. The molecular weight excluding hydrogens is 1100 g/mol. The van der Waals surface area contributed by atoms with E-state index in [1.165, 1.54) is 67.7 Å². The summed E-state index contributed by atoms with van der Waals surface area (Å²) >= 11 is 1.58. The number of hydrogen-bond acceptors (Lipinski definition) is 14. The number of carbonyl (C=O) groups excluding carboxylic acids is 3. The minimum Gasteiger partial charge on any atom is -0.508 e. The highest BCUT2D eigenvalue weighted by Gasteiger charge is 2.44. The fourth-order valence-corrected chi connectivity index (χ4v) is 13.7. The molecule has 6 aromatic rings. The molecule has 0 spiro atoms. The summed E-state index contributed by atoms with van der Waals surface area (Å²) in [7, 11) is 0. The van der Waals surface area contributed by atoms with Gasteiger partial charge in [-0.05, 0) is 92.1 Å². The summed E-state index contributed by atoms with van der Waals surface area (Å²) in [5.74, 6) is 0.627. The monoisotopic (exact) mass is 1180 g/mol. The topological polar surface area (TPSA) is 198 Å². The number of ether oxygens (including phenoxy) is 1. The van der Waals surface area contributed by atoms with Crippen LogP contribution in [0.3, 0.4) is 0 Å². The molecule has 10 rings (SSSR count). The molecule has 5 N–H and O–H groups in total. The lowest BCUT2D eigenvalue weighted by Crippen LogP contribution is -2.57. The minimum atomic E-state index is -0.846. The molecular formula is C66H82F2N10O6S. The van der Waals surface area contributed by atoms with Gasteiger partial charge in [0.25, 0.3) is 0 Å². The van der Waals surface area contributed by atoms with Crippen LogP contribution in [-0.2, 0) is 20.9 Å². The lowest BCUT2D eigenvalue weighted by Gasteiger charge is -2.35. The number of nitrogens with zero attached hydrogens (tertiary/aromatic N) is 7. The minimum absolute atomic E-state index is 0.0345. The summed E-state index contributed by atoms with van der Waals surface area (Å²) < 4.78 is 38.6. The first-order valence-electron chi connectivity index (χ1n) is 30.7. The van der Waals surface area contributed by atoms with Crippen molar-refractivity contribution in [2.24, 2.45) is 5.41 Å². The summed E-state index contributed by atoms with van der Waals surface area (Å²) in [6, 6.07) is 12.5. The van der Waals surface area contributed by atoms with Gasteiger partial charge in [-0.2, -0.15) is 9.97 Å². The molecule has 4 aliphatic rings. The fraction of sp³-hybridized carbons (Fsp3) is 0.530. The third kappa shape index (κ3) is 14.9. The van der Waals surface area contributed by atoms with Crippen LogP contribution in [0.1, 0.15) is 147 Å². The van der Waals surface area contributed by atoms with Crippen LogP contribution < -0.4 is 25.6 Å². The standard InChI is InChI=1S/C66H82F2N10O6S/c1-6-50-53(67)26-23-44-32-47(79)33-51(56(44)50)58-57(68)59-52(36-69-58)62(77-37-45-24-25-46(38-77)72-45)75-65(74-59)84-49-27-30-76(31-28-49)29-17-15-13-11-9-7-8-10-12-14-16-18-55(81)73-61(66(3,4)5)64(83)78-39-48(80)34-54(78)63(82)70-35-42-19-21-43(22-20-42)60-41(2)71-40-85-60/h1,19-23,26,32-33,36,40,45-46,48-49,54,61,72,79-80H,7-18,24-25,27-31,34-35,37-39H2,2-5H3,(H,70,82)(H,73,81)/t45?,46?,48-,54+,61-/m1/s1. The summed E-state index contributed by atoms with van der Waals surface area (Å²) in [6.07, 6.45) is 22.7. The number of hydrogen-bond donors (Lipinski definition) is 5. The van der Waals surface area contributed by atoms with E-state index in [2.05, 4.69) is 41.6 Å². The van der Waals surface area contributed by atoms with Gasteiger partial charge in [0.1, 0.15) is 46.8 Å². The fourth-order valence-electron chi connectivity index (χ4n) is 12.9. The van der Waals surface area contributed by atoms with Gasteiger partial charge in [0.15, 0.2) is 5.82 Å². The number of carbonyl (C=O) groups is 3. The maximum Gasteiger partial charge on any atom is 0.319 e. The van der Waals surface area contributed by atoms with Crippen molar-refractivity contribution in [3.8, 4) is 45.8 Å². The Kier molecular flexibility index (Phi) is 19.9. The van der Waals surface area contributed by atoms with E-state index in [4.69, 9.17) is 21.1 Å². The molecule has 3 aromatic heterocycles. The summed E-state index contributed by atoms with van der Waals surface area (Å²) in [4.78, 5) is 66.6. The molecule has 0 aliphatic carbocycles. The van der Waals surface area contributed by atoms with Crippen molar-refractivity contribution in [2.75, 3.05) is 44.2 Å². The molecule has 3 aromatic carbocycles. The Morgan fingerprint density at radius 3 is 2.22 bits per heavy atom. The number of β-amino-alcohol motifs (C(OH)–C–C–N with tert-alkyl or cyclic N) is 1. The van der Waals surface area contributed by atoms with Crippen LogP contribution in [0.2, 0.25) is 0 Å². The molecule has 16 nitrogen and oxygen atoms in total. The van der Waals surface area contributed by atoms with E-state index < -0.39 is 35.2 Å². The molecule has 85 heavy (non-hydrogen) atoms. The maximum absolute atomic E-state index is 17.1. The molecule has 19 heteroatoms. The zero-order valence-electron chi connectivity index (χ0n) is 49.6. The molecule has 4 saturated heterocycles. The van der Waals surface area contributed by atoms with Crippen LogP contribution in [0, 0.1) is 36.3 Å². The van der Waals surface area contributed by atoms with Gasteiger partial charge in [-0.15, -0.1) is 17.8 Å². The predicted molar refractivity (Wildman–Crippen MR) is 329 cm³/mol. The Morgan fingerprint density at radius 2 is 1.56 bits per heavy atom. The Morgan fingerprint density at radius 1 is 0.882 bits per heavy atom. The van der Waals surface area contributed by atoms with E-state index in [1.807, 2.05) is 57.5 Å². The second-order valence-electron chi connectivity index (χ2n) is 25.0. The highest BCUT2D eigenvalue weighted by Crippen LogP contribution is 2.40. The average molecular weight is 1180 g/mol. The number of aliphatic hydroxyl groups is 1. The number of unbranched alkanes of at least 4 members (excludes halogenated alkanes) is 10. The van der Waals surface area contributed by atoms with E-state index in [0.717, 1.165) is 99.1 Å². The van der Waals surface area contributed by atoms with Gasteiger partial charge in [-0.25, -0.2) is 13.8 Å². The Hall–Kier alpha value is -6.85. The van der Waals surface area contributed by atoms with Crippen molar-refractivity contribution in [3.63, 3.8) is 0 Å². The molecule has 7 heterocycles. The molecule has 4 aliphatic heterocycles. The maximum atomic E-state index is 17.1. The van der Waals surface area contributed by atoms with Crippen molar-refractivity contribution in [2.45, 2.75) is 180 Å². The largest absolute Gasteiger partial charge is 0.508 e. The first-order chi connectivity index (χ1) is 41.0. The molecule has 2 unspecified atom stereocenters. The number of aryl methyl sites for hydroxylation is 1. The number of aromatic hydroxyl groups is 1. The van der Waals surface area contributed by atoms with Gasteiger partial charge in [-0.1, -0.05) is 115 Å². The number of halogens is 2. The second-order valence-corrected chi connectivity index (χ2v) is 25.8. The number of fused-ring (bicyclic) bond motifs is 4. The number of anilines is 1. The number of terminal acetylenes is 1. The van der Waals surface area contributed by atoms with Crippen LogP contribution in [0.4, 0.5) is 14.6 Å². The number of likely N-dealkylation sites (tertiary alicyclic amines) is 2. The average Bonchev–Trinajstić information content (AvgIpc) is 1.72. The van der Waals surface area contributed by atoms with Crippen LogP contribution in [0.5, 0.6) is 11.8 Å². The van der Waals surface area contributed by atoms with Crippen LogP contribution in [-0.4, -0.2) is 133 Å². The molecule has 2 bridgehead atoms. The van der Waals surface area contributed by atoms with E-state index in [9.17, 15) is 24.6 Å². The number of phenols is 1. The number of benzene rings is 3. The Bertz CT molecular complexity index is 3370. The number of aliphatic hydroxyl groups excluding tert-OH is 1. The highest BCUT2D eigenvalue weighted by molar-refractivity contribution is 7.13. The number of amides is 3. The third-order valence-electron chi connectivity index (χ3n) is 17.5. The van der Waals surface area contributed by atoms with Crippen molar-refractivity contribution < 1.29 is 38.1 Å². The predicted octanol–water partition coefficient (Wildman–Crippen LogP) is 10.5. The molecule has 4 fully saturated rings. The SMILES string of the molecule is C#Cc1c(F)ccc2cc(O)cc(-c3ncc4c(N5CC6CCC(C5)N6)nc(OC5CCN(CCCCCCCCCCCCCC(=O)N[C@H](C(=O)N6C[C@H](O)C[C@H]6C(=O)NCc6ccc(-c7scnc7C)cc6)C(C)(C)C)CC5)nc4c3F)c12. The second kappa shape index (κ2) is 27.7. The van der Waals surface area contributed by atoms with E-state index in [0.29, 0.717) is 48.2 Å². The molecule has 0 radical (unpaired) electrons. The molecule has 452 valence electrons. The first kappa shape index (κ1) is 61.2. The van der Waals surface area contributed by atoms with Gasteiger partial charge in [0.05, 0.1) is 33.1 Å². The number of aromatic nitrogens is 4. The van der Waals surface area contributed by atoms with Crippen molar-refractivity contribution in [3.05, 3.63) is 88.7 Å². The van der Waals surface area contributed by atoms with Gasteiger partial charge >= 0.3 is 6.01 Å². The summed E-state index contributed by atoms with van der Waals surface area (Å²) in [5, 5.41) is 32.1. The van der Waals surface area contributed by atoms with Crippen LogP contribution >= 0.6 is 11.3 Å². The normalized spacial score (nSPS) is 19.6. The Labute approximate surface area is 502 Å². The quantitative estimate of drug-likeness (QED) is 0.0284. The van der Waals surface area contributed by atoms with Gasteiger partial charge in [0.2, 0.25) is 17.7 Å². The van der Waals surface area contributed by atoms with Gasteiger partial charge < -0.3 is 45.6 Å². The summed E-state index contributed by atoms with van der Waals surface area (Å²) in [6.45, 7) is 12.2. The van der Waals surface area contributed by atoms with Gasteiger partial charge in [-0.3, -0.25) is 19.4 Å². The lowest BCUT2D eigenvalue weighted by molar-refractivity contribution is -0.144. The number of piperidine rings is 1. The zero-order valence-corrected chi connectivity index (χ0v) is 50.4. The van der Waals surface area contributed by atoms with E-state index >= 15 is 8.78 Å². The number of thiazole rings is 1. The summed E-state index contributed by atoms with van der Waals surface area (Å²) in [5.41, 5.74) is 4.23. The highest BCUT2D eigenvalue weighted by atomic mass is 32.1. The number of pyridine rings is 1. The van der Waals surface area contributed by atoms with E-state index in [1.54, 1.807) is 17.5 Å². The smallest absolute Gasteiger partial charge is 0.319 e. The molecule has 3 amide bonds. The van der Waals surface area contributed by atoms with Crippen molar-refractivity contribution in [1.82, 2.24) is 45.7 Å². The number of piperazine rings is 1. The first-order valence-corrected chi connectivity index (χ1v) is 31.6. The zero-order chi connectivity index (χ0) is 59.8. The van der Waals surface area contributed by atoms with Crippen molar-refractivity contribution in [1.29, 1.82) is 0 Å².